The van der Waals surface area contributed by atoms with Gasteiger partial charge in [-0.15, -0.1) is 0 Å². The number of aliphatic hydroxyl groups excluding tert-OH is 1. The maximum Gasteiger partial charge on any atom is 0.329 e. The number of ether oxygens (including phenoxy) is 5. The standard InChI is InChI=1S/C53H84NO14P/c1-32-18-14-13-15-19-33(2)44(63-8)30-40-23-21-38(7)53(61,67-40)50(58)51(59)54-25-17-16-20-41(54)52(60)66-45(35(4)28-39-22-24-43(46(29-39)64-9)68-69(11,12)62)31-42(55)34(3)27-37(6)48(57)49(65-10)47(56)36(5)26-32/h13-15,18-19,27,32,35-41,43-46,48-49,57,61H,16-17,20-26,28-31H2,1-12H3/b15-13?,18-14?,33-19?,34-27+/t32-,35-,36-,37?,38-,39?,40+,41?,43-,44+,45?,46-,48?,49+,53?/m1/s1. The number of cyclic esters (lactones) is 1. The zero-order chi connectivity index (χ0) is 51.4. The van der Waals surface area contributed by atoms with Crippen LogP contribution in [0.4, 0.5) is 0 Å². The van der Waals surface area contributed by atoms with Crippen molar-refractivity contribution in [3.05, 3.63) is 47.6 Å². The maximum absolute atomic E-state index is 14.5. The molecule has 2 bridgehead atoms. The van der Waals surface area contributed by atoms with Gasteiger partial charge < -0.3 is 43.3 Å². The highest BCUT2D eigenvalue weighted by molar-refractivity contribution is 7.57. The van der Waals surface area contributed by atoms with Gasteiger partial charge in [-0.05, 0) is 107 Å². The molecule has 69 heavy (non-hydrogen) atoms. The SMILES string of the molecule is CO[C@H]1C[C@@H]2CC[C@@H](C)C(O)(O2)C(=O)C(=O)N2CCCCC2C(=O)OC([C@H](C)CC2CC[C@@H](OP(C)(C)=O)[C@H](OC)C2)CC(=O)/C(C)=C/C(C)C(O)[C@@H](OC)C(=O)[C@H](C)C[C@H](C)C=CC=CC=C1C. The third-order valence-electron chi connectivity index (χ3n) is 14.9. The Bertz CT molecular complexity index is 1940. The van der Waals surface area contributed by atoms with Crippen molar-refractivity contribution in [3.8, 4) is 0 Å². The lowest BCUT2D eigenvalue weighted by atomic mass is 9.78. The number of Topliss-reactive ketones (excluding diaryl/α,β-unsaturated/α-hetero) is 3. The van der Waals surface area contributed by atoms with E-state index in [1.165, 1.54) is 12.0 Å². The minimum absolute atomic E-state index is 0.0144. The van der Waals surface area contributed by atoms with E-state index < -0.39 is 85.1 Å². The number of amides is 1. The van der Waals surface area contributed by atoms with Gasteiger partial charge in [-0.1, -0.05) is 71.1 Å². The highest BCUT2D eigenvalue weighted by Crippen LogP contribution is 2.45. The van der Waals surface area contributed by atoms with Gasteiger partial charge in [0.1, 0.15) is 18.2 Å². The van der Waals surface area contributed by atoms with E-state index in [1.807, 2.05) is 58.1 Å². The Labute approximate surface area is 411 Å². The summed E-state index contributed by atoms with van der Waals surface area (Å²) in [5.74, 6) is -8.08. The number of allylic oxidation sites excluding steroid dienone is 6. The van der Waals surface area contributed by atoms with Crippen LogP contribution in [-0.2, 0) is 56.7 Å². The van der Waals surface area contributed by atoms with Crippen LogP contribution in [0, 0.1) is 35.5 Å². The second kappa shape index (κ2) is 26.5. The third kappa shape index (κ3) is 16.2. The van der Waals surface area contributed by atoms with Crippen LogP contribution in [0.15, 0.2) is 47.6 Å². The van der Waals surface area contributed by atoms with Gasteiger partial charge in [-0.3, -0.25) is 23.7 Å². The maximum atomic E-state index is 14.5. The fourth-order valence-corrected chi connectivity index (χ4v) is 11.5. The monoisotopic (exact) mass is 990 g/mol. The van der Waals surface area contributed by atoms with E-state index in [9.17, 15) is 38.8 Å². The molecule has 1 amide bonds. The summed E-state index contributed by atoms with van der Waals surface area (Å²) in [6.07, 6.45) is 11.4. The molecular weight excluding hydrogens is 906 g/mol. The molecule has 4 aliphatic rings. The molecule has 15 atom stereocenters. The first-order valence-electron chi connectivity index (χ1n) is 25.2. The molecular formula is C53H84NO14P. The van der Waals surface area contributed by atoms with Crippen molar-refractivity contribution in [3.63, 3.8) is 0 Å². The summed E-state index contributed by atoms with van der Waals surface area (Å²) in [5.41, 5.74) is 1.18. The smallest absolute Gasteiger partial charge is 0.329 e. The molecule has 16 heteroatoms. The van der Waals surface area contributed by atoms with Crippen molar-refractivity contribution < 1.29 is 67.0 Å². The number of fused-ring (bicyclic) bond motifs is 3. The summed E-state index contributed by atoms with van der Waals surface area (Å²) in [5, 5.41) is 23.5. The van der Waals surface area contributed by atoms with Crippen molar-refractivity contribution >= 4 is 36.6 Å². The normalized spacial score (nSPS) is 37.3. The number of carbonyl (C=O) groups is 5. The molecule has 3 fully saturated rings. The molecule has 6 unspecified atom stereocenters. The van der Waals surface area contributed by atoms with Gasteiger partial charge >= 0.3 is 5.97 Å². The van der Waals surface area contributed by atoms with Crippen LogP contribution in [-0.4, -0.2) is 140 Å². The molecule has 1 aliphatic carbocycles. The highest BCUT2D eigenvalue weighted by Gasteiger charge is 2.53. The van der Waals surface area contributed by atoms with E-state index in [0.29, 0.717) is 63.4 Å². The number of nitrogens with zero attached hydrogens (tertiary/aromatic N) is 1. The summed E-state index contributed by atoms with van der Waals surface area (Å²) in [6, 6.07) is -1.16. The van der Waals surface area contributed by atoms with Gasteiger partial charge in [0.2, 0.25) is 5.79 Å². The minimum Gasteiger partial charge on any atom is -0.460 e. The molecule has 0 aromatic heterocycles. The van der Waals surface area contributed by atoms with Crippen LogP contribution in [0.2, 0.25) is 0 Å². The average molecular weight is 990 g/mol. The number of rotatable bonds is 8. The lowest BCUT2D eigenvalue weighted by Gasteiger charge is -2.42. The lowest BCUT2D eigenvalue weighted by Crippen LogP contribution is -2.61. The second-order valence-electron chi connectivity index (χ2n) is 20.9. The van der Waals surface area contributed by atoms with Gasteiger partial charge in [0, 0.05) is 71.8 Å². The molecule has 2 N–H and O–H groups in total. The summed E-state index contributed by atoms with van der Waals surface area (Å²) < 4.78 is 48.2. The lowest BCUT2D eigenvalue weighted by molar-refractivity contribution is -0.265. The van der Waals surface area contributed by atoms with E-state index in [2.05, 4.69) is 0 Å². The largest absolute Gasteiger partial charge is 0.460 e. The number of methoxy groups -OCH3 is 3. The van der Waals surface area contributed by atoms with E-state index in [4.69, 9.17) is 28.2 Å². The van der Waals surface area contributed by atoms with Crippen LogP contribution in [0.3, 0.4) is 0 Å². The van der Waals surface area contributed by atoms with Crippen molar-refractivity contribution in [1.29, 1.82) is 0 Å². The Balaban J connectivity index is 1.70. The third-order valence-corrected chi connectivity index (χ3v) is 15.6. The number of esters is 1. The van der Waals surface area contributed by atoms with E-state index in [1.54, 1.807) is 54.4 Å². The Morgan fingerprint density at radius 1 is 0.870 bits per heavy atom. The molecule has 0 radical (unpaired) electrons. The number of hydrogen-bond acceptors (Lipinski definition) is 14. The zero-order valence-corrected chi connectivity index (χ0v) is 44.3. The molecule has 2 saturated heterocycles. The van der Waals surface area contributed by atoms with Gasteiger partial charge in [0.25, 0.3) is 11.7 Å². The first kappa shape index (κ1) is 58.4. The van der Waals surface area contributed by atoms with E-state index in [-0.39, 0.29) is 60.9 Å². The average Bonchev–Trinajstić information content (AvgIpc) is 3.30. The first-order chi connectivity index (χ1) is 32.4. The number of hydrogen-bond donors (Lipinski definition) is 2. The Kier molecular flexibility index (Phi) is 22.5. The van der Waals surface area contributed by atoms with E-state index in [0.717, 1.165) is 12.0 Å². The summed E-state index contributed by atoms with van der Waals surface area (Å²) in [7, 11) is 1.76. The molecule has 0 aromatic rings. The fraction of sp³-hybridized carbons (Fsp3) is 0.755. The van der Waals surface area contributed by atoms with Crippen LogP contribution in [0.1, 0.15) is 126 Å². The van der Waals surface area contributed by atoms with Crippen molar-refractivity contribution in [2.24, 2.45) is 35.5 Å². The Morgan fingerprint density at radius 2 is 1.58 bits per heavy atom. The van der Waals surface area contributed by atoms with Gasteiger partial charge in [0.15, 0.2) is 18.9 Å². The van der Waals surface area contributed by atoms with Crippen molar-refractivity contribution in [1.82, 2.24) is 4.90 Å². The van der Waals surface area contributed by atoms with Gasteiger partial charge in [0.05, 0.1) is 30.5 Å². The predicted octanol–water partition coefficient (Wildman–Crippen LogP) is 7.74. The first-order valence-corrected chi connectivity index (χ1v) is 27.7. The fourth-order valence-electron chi connectivity index (χ4n) is 10.6. The predicted molar refractivity (Wildman–Crippen MR) is 263 cm³/mol. The van der Waals surface area contributed by atoms with E-state index >= 15 is 0 Å². The van der Waals surface area contributed by atoms with Crippen LogP contribution in [0.25, 0.3) is 0 Å². The topological polar surface area (TPSA) is 201 Å². The van der Waals surface area contributed by atoms with Gasteiger partial charge in [-0.2, -0.15) is 0 Å². The molecule has 3 heterocycles. The quantitative estimate of drug-likeness (QED) is 0.136. The summed E-state index contributed by atoms with van der Waals surface area (Å²) >= 11 is 0. The number of ketones is 3. The molecule has 3 aliphatic heterocycles. The minimum atomic E-state index is -2.79. The number of piperidine rings is 1. The highest BCUT2D eigenvalue weighted by atomic mass is 31.2. The van der Waals surface area contributed by atoms with Gasteiger partial charge in [-0.25, -0.2) is 4.79 Å². The molecule has 0 aromatic carbocycles. The molecule has 1 saturated carbocycles. The summed E-state index contributed by atoms with van der Waals surface area (Å²) in [6.45, 7) is 15.9. The van der Waals surface area contributed by atoms with Crippen molar-refractivity contribution in [2.45, 2.75) is 180 Å². The molecule has 390 valence electrons. The molecule has 0 spiro atoms. The number of carbonyl (C=O) groups excluding carboxylic acids is 5. The Hall–Kier alpha value is -3.14. The number of aliphatic hydroxyl groups is 2. The summed E-state index contributed by atoms with van der Waals surface area (Å²) in [4.78, 5) is 72.2. The Morgan fingerprint density at radius 3 is 2.23 bits per heavy atom. The zero-order valence-electron chi connectivity index (χ0n) is 43.4. The molecule has 15 nitrogen and oxygen atoms in total. The second-order valence-corrected chi connectivity index (χ2v) is 23.6. The molecule has 4 rings (SSSR count). The van der Waals surface area contributed by atoms with Crippen LogP contribution >= 0.6 is 7.37 Å². The van der Waals surface area contributed by atoms with Crippen LogP contribution < -0.4 is 0 Å². The van der Waals surface area contributed by atoms with Crippen LogP contribution in [0.5, 0.6) is 0 Å². The van der Waals surface area contributed by atoms with Crippen molar-refractivity contribution in [2.75, 3.05) is 41.2 Å².